The van der Waals surface area contributed by atoms with Gasteiger partial charge in [-0.05, 0) is 50.5 Å². The summed E-state index contributed by atoms with van der Waals surface area (Å²) < 4.78 is 5.14. The number of benzene rings is 1. The minimum Gasteiger partial charge on any atom is -0.423 e. The topological polar surface area (TPSA) is 72.5 Å². The van der Waals surface area contributed by atoms with Crippen LogP contribution in [0.15, 0.2) is 35.1 Å². The van der Waals surface area contributed by atoms with E-state index in [1.54, 1.807) is 17.0 Å². The fraction of sp³-hybridized carbons (Fsp3) is 0.500. The molecule has 6 heteroatoms. The largest absolute Gasteiger partial charge is 0.423 e. The number of quaternary nitrogens is 1. The first-order valence-corrected chi connectivity index (χ1v) is 8.73. The average Bonchev–Trinajstić information content (AvgIpc) is 3.15. The average molecular weight is 329 g/mol. The molecule has 1 aromatic heterocycles. The number of aromatic nitrogens is 2. The first-order valence-electron chi connectivity index (χ1n) is 8.73. The van der Waals surface area contributed by atoms with Gasteiger partial charge in [0.25, 0.3) is 5.91 Å². The molecule has 0 spiro atoms. The van der Waals surface area contributed by atoms with Gasteiger partial charge >= 0.3 is 0 Å². The van der Waals surface area contributed by atoms with Crippen molar-refractivity contribution in [3.8, 4) is 11.5 Å². The van der Waals surface area contributed by atoms with Gasteiger partial charge in [0, 0.05) is 24.1 Å². The lowest BCUT2D eigenvalue weighted by Crippen LogP contribution is -3.16. The molecule has 1 unspecified atom stereocenters. The van der Waals surface area contributed by atoms with Crippen LogP contribution in [0.3, 0.4) is 0 Å². The van der Waals surface area contributed by atoms with Crippen LogP contribution >= 0.6 is 0 Å². The molecule has 1 aliphatic heterocycles. The number of nitrogens with one attached hydrogen (secondary N) is 2. The van der Waals surface area contributed by atoms with E-state index in [-0.39, 0.29) is 5.91 Å². The van der Waals surface area contributed by atoms with E-state index < -0.39 is 0 Å². The normalized spacial score (nSPS) is 20.7. The summed E-state index contributed by atoms with van der Waals surface area (Å²) in [6, 6.07) is 7.97. The van der Waals surface area contributed by atoms with Gasteiger partial charge in [-0.3, -0.25) is 4.79 Å². The SMILES string of the molecule is C[C@H]1CCCC[NH+]1CCCNC(=O)c1ccc(-c2nnco2)cc1. The van der Waals surface area contributed by atoms with Crippen molar-refractivity contribution in [2.45, 2.75) is 38.6 Å². The van der Waals surface area contributed by atoms with Gasteiger partial charge < -0.3 is 14.6 Å². The molecule has 1 amide bonds. The van der Waals surface area contributed by atoms with Crippen molar-refractivity contribution in [2.75, 3.05) is 19.6 Å². The van der Waals surface area contributed by atoms with Crippen molar-refractivity contribution in [3.63, 3.8) is 0 Å². The third kappa shape index (κ3) is 4.20. The highest BCUT2D eigenvalue weighted by molar-refractivity contribution is 5.94. The Hall–Kier alpha value is -2.21. The molecule has 6 nitrogen and oxygen atoms in total. The molecule has 2 heterocycles. The van der Waals surface area contributed by atoms with Gasteiger partial charge in [-0.1, -0.05) is 0 Å². The van der Waals surface area contributed by atoms with E-state index in [4.69, 9.17) is 4.42 Å². The van der Waals surface area contributed by atoms with Gasteiger partial charge in [0.2, 0.25) is 12.3 Å². The molecule has 128 valence electrons. The summed E-state index contributed by atoms with van der Waals surface area (Å²) in [5.41, 5.74) is 1.46. The Morgan fingerprint density at radius 3 is 2.88 bits per heavy atom. The molecule has 1 saturated heterocycles. The van der Waals surface area contributed by atoms with Gasteiger partial charge in [-0.25, -0.2) is 0 Å². The smallest absolute Gasteiger partial charge is 0.251 e. The van der Waals surface area contributed by atoms with Crippen LogP contribution in [0.4, 0.5) is 0 Å². The van der Waals surface area contributed by atoms with Crippen LogP contribution in [-0.2, 0) is 0 Å². The molecule has 2 N–H and O–H groups in total. The first-order chi connectivity index (χ1) is 11.7. The van der Waals surface area contributed by atoms with E-state index in [1.165, 1.54) is 32.2 Å². The maximum absolute atomic E-state index is 12.2. The van der Waals surface area contributed by atoms with Crippen LogP contribution in [0.25, 0.3) is 11.5 Å². The lowest BCUT2D eigenvalue weighted by atomic mass is 10.0. The Kier molecular flexibility index (Phi) is 5.59. The number of piperidine rings is 1. The van der Waals surface area contributed by atoms with Gasteiger partial charge in [0.1, 0.15) is 0 Å². The minimum atomic E-state index is -0.0335. The Morgan fingerprint density at radius 2 is 2.17 bits per heavy atom. The number of amides is 1. The second-order valence-electron chi connectivity index (χ2n) is 6.49. The number of likely N-dealkylation sites (tertiary alicyclic amines) is 1. The lowest BCUT2D eigenvalue weighted by molar-refractivity contribution is -0.928. The third-order valence-electron chi connectivity index (χ3n) is 4.80. The van der Waals surface area contributed by atoms with Crippen LogP contribution in [0.2, 0.25) is 0 Å². The van der Waals surface area contributed by atoms with Gasteiger partial charge in [0.15, 0.2) is 0 Å². The number of carbonyl (C=O) groups excluding carboxylic acids is 1. The monoisotopic (exact) mass is 329 g/mol. The molecule has 0 saturated carbocycles. The number of rotatable bonds is 6. The lowest BCUT2D eigenvalue weighted by Gasteiger charge is -2.30. The Labute approximate surface area is 142 Å². The van der Waals surface area contributed by atoms with E-state index in [0.29, 0.717) is 11.5 Å². The molecule has 24 heavy (non-hydrogen) atoms. The zero-order valence-electron chi connectivity index (χ0n) is 14.1. The zero-order chi connectivity index (χ0) is 16.8. The van der Waals surface area contributed by atoms with Crippen molar-refractivity contribution in [3.05, 3.63) is 36.2 Å². The van der Waals surface area contributed by atoms with Gasteiger partial charge in [-0.15, -0.1) is 10.2 Å². The van der Waals surface area contributed by atoms with Crippen LogP contribution in [0.1, 0.15) is 43.0 Å². The second-order valence-corrected chi connectivity index (χ2v) is 6.49. The van der Waals surface area contributed by atoms with Gasteiger partial charge in [0.05, 0.1) is 19.1 Å². The molecule has 0 radical (unpaired) electrons. The summed E-state index contributed by atoms with van der Waals surface area (Å²) in [6.07, 6.45) is 6.33. The summed E-state index contributed by atoms with van der Waals surface area (Å²) in [7, 11) is 0. The zero-order valence-corrected chi connectivity index (χ0v) is 14.1. The van der Waals surface area contributed by atoms with E-state index in [2.05, 4.69) is 22.4 Å². The predicted octanol–water partition coefficient (Wildman–Crippen LogP) is 1.31. The number of hydrogen-bond donors (Lipinski definition) is 2. The van der Waals surface area contributed by atoms with Crippen molar-refractivity contribution in [1.29, 1.82) is 0 Å². The van der Waals surface area contributed by atoms with Crippen LogP contribution in [0, 0.1) is 0 Å². The summed E-state index contributed by atoms with van der Waals surface area (Å²) in [5, 5.41) is 10.5. The van der Waals surface area contributed by atoms with E-state index >= 15 is 0 Å². The van der Waals surface area contributed by atoms with Gasteiger partial charge in [-0.2, -0.15) is 0 Å². The summed E-state index contributed by atoms with van der Waals surface area (Å²) in [5.74, 6) is 0.425. The maximum atomic E-state index is 12.2. The highest BCUT2D eigenvalue weighted by Gasteiger charge is 2.20. The quantitative estimate of drug-likeness (QED) is 0.784. The number of hydrogen-bond acceptors (Lipinski definition) is 4. The van der Waals surface area contributed by atoms with Crippen molar-refractivity contribution < 1.29 is 14.1 Å². The number of nitrogens with zero attached hydrogens (tertiary/aromatic N) is 2. The molecule has 1 fully saturated rings. The molecule has 0 bridgehead atoms. The molecule has 2 aromatic rings. The van der Waals surface area contributed by atoms with E-state index in [1.807, 2.05) is 12.1 Å². The van der Waals surface area contributed by atoms with E-state index in [9.17, 15) is 4.79 Å². The maximum Gasteiger partial charge on any atom is 0.251 e. The third-order valence-corrected chi connectivity index (χ3v) is 4.80. The molecule has 1 aromatic carbocycles. The minimum absolute atomic E-state index is 0.0335. The fourth-order valence-electron chi connectivity index (χ4n) is 3.31. The first kappa shape index (κ1) is 16.6. The number of carbonyl (C=O) groups is 1. The second kappa shape index (κ2) is 8.06. The van der Waals surface area contributed by atoms with Crippen LogP contribution < -0.4 is 10.2 Å². The Balaban J connectivity index is 1.43. The summed E-state index contributed by atoms with van der Waals surface area (Å²) >= 11 is 0. The Morgan fingerprint density at radius 1 is 1.33 bits per heavy atom. The highest BCUT2D eigenvalue weighted by Crippen LogP contribution is 2.16. The Bertz CT molecular complexity index is 640. The van der Waals surface area contributed by atoms with Crippen LogP contribution in [0.5, 0.6) is 0 Å². The van der Waals surface area contributed by atoms with Crippen molar-refractivity contribution in [1.82, 2.24) is 15.5 Å². The summed E-state index contributed by atoms with van der Waals surface area (Å²) in [4.78, 5) is 13.9. The molecule has 2 atom stereocenters. The van der Waals surface area contributed by atoms with Crippen LogP contribution in [-0.4, -0.2) is 41.8 Å². The fourth-order valence-corrected chi connectivity index (χ4v) is 3.31. The molecule has 1 aliphatic rings. The van der Waals surface area contributed by atoms with E-state index in [0.717, 1.165) is 31.1 Å². The molecular weight excluding hydrogens is 304 g/mol. The van der Waals surface area contributed by atoms with Crippen molar-refractivity contribution >= 4 is 5.91 Å². The predicted molar refractivity (Wildman–Crippen MR) is 90.7 cm³/mol. The molecule has 0 aliphatic carbocycles. The standard InChI is InChI=1S/C18H24N4O2/c1-14-5-2-3-11-22(14)12-4-10-19-17(23)15-6-8-16(9-7-15)18-21-20-13-24-18/h6-9,13-14H,2-5,10-12H2,1H3,(H,19,23)/p+1/t14-/m0/s1. The molecule has 3 rings (SSSR count). The highest BCUT2D eigenvalue weighted by atomic mass is 16.4. The molecular formula is C18H25N4O2+. The van der Waals surface area contributed by atoms with Crippen molar-refractivity contribution in [2.24, 2.45) is 0 Å². The summed E-state index contributed by atoms with van der Waals surface area (Å²) in [6.45, 7) is 5.46.